The fourth-order valence-electron chi connectivity index (χ4n) is 1.99. The summed E-state index contributed by atoms with van der Waals surface area (Å²) in [6.07, 6.45) is 1.18. The number of halogens is 1. The van der Waals surface area contributed by atoms with Gasteiger partial charge in [-0.2, -0.15) is 0 Å². The van der Waals surface area contributed by atoms with E-state index in [1.165, 1.54) is 0 Å². The third-order valence-corrected chi connectivity index (χ3v) is 4.19. The first-order valence-corrected chi connectivity index (χ1v) is 7.19. The predicted octanol–water partition coefficient (Wildman–Crippen LogP) is 3.45. The van der Waals surface area contributed by atoms with Crippen molar-refractivity contribution in [1.82, 2.24) is 15.0 Å². The maximum absolute atomic E-state index is 11.1. The molecule has 0 radical (unpaired) electrons. The number of aryl methyl sites for hydroxylation is 1. The van der Waals surface area contributed by atoms with E-state index < -0.39 is 0 Å². The third-order valence-electron chi connectivity index (χ3n) is 2.86. The standard InChI is InChI=1S/C14H10ClN3OS/c1-8-16-11(9(7-19)14(15)17-8)6-13-18-10-4-2-3-5-12(10)20-13/h2-5,7H,6H2,1H3. The minimum Gasteiger partial charge on any atom is -0.298 e. The number of rotatable bonds is 3. The molecule has 0 aliphatic carbocycles. The Labute approximate surface area is 124 Å². The molecule has 3 rings (SSSR count). The van der Waals surface area contributed by atoms with E-state index in [2.05, 4.69) is 15.0 Å². The van der Waals surface area contributed by atoms with Gasteiger partial charge in [0.05, 0.1) is 26.5 Å². The van der Waals surface area contributed by atoms with Crippen LogP contribution in [0.3, 0.4) is 0 Å². The molecule has 0 fully saturated rings. The van der Waals surface area contributed by atoms with Crippen LogP contribution in [0.15, 0.2) is 24.3 Å². The summed E-state index contributed by atoms with van der Waals surface area (Å²) in [6.45, 7) is 1.75. The molecule has 1 aromatic carbocycles. The molecule has 0 saturated carbocycles. The van der Waals surface area contributed by atoms with Crippen molar-refractivity contribution in [2.24, 2.45) is 0 Å². The summed E-state index contributed by atoms with van der Waals surface area (Å²) < 4.78 is 1.12. The maximum Gasteiger partial charge on any atom is 0.155 e. The molecular formula is C14H10ClN3OS. The molecule has 0 N–H and O–H groups in total. The van der Waals surface area contributed by atoms with Gasteiger partial charge in [-0.3, -0.25) is 4.79 Å². The first-order valence-electron chi connectivity index (χ1n) is 6.00. The highest BCUT2D eigenvalue weighted by molar-refractivity contribution is 7.18. The van der Waals surface area contributed by atoms with Gasteiger partial charge in [-0.25, -0.2) is 15.0 Å². The smallest absolute Gasteiger partial charge is 0.155 e. The lowest BCUT2D eigenvalue weighted by atomic mass is 10.2. The van der Waals surface area contributed by atoms with Gasteiger partial charge in [0.25, 0.3) is 0 Å². The Morgan fingerprint density at radius 3 is 2.80 bits per heavy atom. The number of para-hydroxylation sites is 1. The van der Waals surface area contributed by atoms with E-state index in [9.17, 15) is 4.79 Å². The second-order valence-electron chi connectivity index (χ2n) is 4.29. The molecule has 0 spiro atoms. The topological polar surface area (TPSA) is 55.7 Å². The van der Waals surface area contributed by atoms with Gasteiger partial charge in [-0.05, 0) is 19.1 Å². The fraction of sp³-hybridized carbons (Fsp3) is 0.143. The average molecular weight is 304 g/mol. The van der Waals surface area contributed by atoms with Crippen LogP contribution in [0.5, 0.6) is 0 Å². The van der Waals surface area contributed by atoms with E-state index in [4.69, 9.17) is 11.6 Å². The van der Waals surface area contributed by atoms with Gasteiger partial charge in [-0.15, -0.1) is 11.3 Å². The van der Waals surface area contributed by atoms with Crippen LogP contribution in [0.2, 0.25) is 5.15 Å². The first kappa shape index (κ1) is 13.1. The molecule has 6 heteroatoms. The Bertz CT molecular complexity index is 767. The van der Waals surface area contributed by atoms with E-state index in [0.717, 1.165) is 15.2 Å². The van der Waals surface area contributed by atoms with Gasteiger partial charge in [0.2, 0.25) is 0 Å². The molecule has 3 aromatic rings. The number of benzene rings is 1. The van der Waals surface area contributed by atoms with Crippen molar-refractivity contribution in [3.8, 4) is 0 Å². The van der Waals surface area contributed by atoms with Crippen LogP contribution in [0.4, 0.5) is 0 Å². The Kier molecular flexibility index (Phi) is 3.46. The number of hydrogen-bond donors (Lipinski definition) is 0. The lowest BCUT2D eigenvalue weighted by Gasteiger charge is -2.04. The number of aromatic nitrogens is 3. The average Bonchev–Trinajstić information content (AvgIpc) is 2.80. The number of carbonyl (C=O) groups is 1. The SMILES string of the molecule is Cc1nc(Cl)c(C=O)c(Cc2nc3ccccc3s2)n1. The minimum atomic E-state index is 0.198. The Morgan fingerprint density at radius 1 is 1.25 bits per heavy atom. The number of fused-ring (bicyclic) bond motifs is 1. The zero-order valence-corrected chi connectivity index (χ0v) is 12.2. The van der Waals surface area contributed by atoms with Crippen LogP contribution in [-0.2, 0) is 6.42 Å². The molecule has 0 aliphatic rings. The van der Waals surface area contributed by atoms with Crippen LogP contribution in [0.25, 0.3) is 10.2 Å². The molecular weight excluding hydrogens is 294 g/mol. The highest BCUT2D eigenvalue weighted by atomic mass is 35.5. The van der Waals surface area contributed by atoms with Crippen molar-refractivity contribution in [2.45, 2.75) is 13.3 Å². The molecule has 0 unspecified atom stereocenters. The summed E-state index contributed by atoms with van der Waals surface area (Å²) in [6, 6.07) is 7.92. The summed E-state index contributed by atoms with van der Waals surface area (Å²) in [7, 11) is 0. The normalized spacial score (nSPS) is 10.9. The van der Waals surface area contributed by atoms with Gasteiger partial charge in [0, 0.05) is 6.42 Å². The second kappa shape index (κ2) is 5.26. The molecule has 0 saturated heterocycles. The van der Waals surface area contributed by atoms with Crippen LogP contribution >= 0.6 is 22.9 Å². The van der Waals surface area contributed by atoms with Gasteiger partial charge in [-0.1, -0.05) is 23.7 Å². The summed E-state index contributed by atoms with van der Waals surface area (Å²) >= 11 is 7.57. The van der Waals surface area contributed by atoms with E-state index in [-0.39, 0.29) is 5.15 Å². The van der Waals surface area contributed by atoms with Crippen molar-refractivity contribution < 1.29 is 4.79 Å². The Balaban J connectivity index is 2.04. The van der Waals surface area contributed by atoms with Crippen LogP contribution in [0, 0.1) is 6.92 Å². The van der Waals surface area contributed by atoms with Crippen LogP contribution < -0.4 is 0 Å². The molecule has 0 amide bonds. The van der Waals surface area contributed by atoms with Crippen LogP contribution in [0.1, 0.15) is 26.9 Å². The number of thiazole rings is 1. The summed E-state index contributed by atoms with van der Waals surface area (Å²) in [5.41, 5.74) is 1.92. The lowest BCUT2D eigenvalue weighted by molar-refractivity contribution is 0.112. The van der Waals surface area contributed by atoms with Crippen molar-refractivity contribution >= 4 is 39.4 Å². The first-order chi connectivity index (χ1) is 9.67. The second-order valence-corrected chi connectivity index (χ2v) is 5.77. The largest absolute Gasteiger partial charge is 0.298 e. The predicted molar refractivity (Wildman–Crippen MR) is 79.6 cm³/mol. The zero-order chi connectivity index (χ0) is 14.1. The summed E-state index contributed by atoms with van der Waals surface area (Å²) in [5, 5.41) is 1.10. The highest BCUT2D eigenvalue weighted by Gasteiger charge is 2.13. The number of hydrogen-bond acceptors (Lipinski definition) is 5. The highest BCUT2D eigenvalue weighted by Crippen LogP contribution is 2.25. The number of nitrogens with zero attached hydrogens (tertiary/aromatic N) is 3. The monoisotopic (exact) mass is 303 g/mol. The molecule has 100 valence electrons. The molecule has 2 aromatic heterocycles. The summed E-state index contributed by atoms with van der Waals surface area (Å²) in [4.78, 5) is 24.0. The van der Waals surface area contributed by atoms with E-state index in [1.807, 2.05) is 24.3 Å². The lowest BCUT2D eigenvalue weighted by Crippen LogP contribution is -2.03. The number of aldehydes is 1. The molecule has 20 heavy (non-hydrogen) atoms. The third kappa shape index (κ3) is 2.42. The van der Waals surface area contributed by atoms with Crippen LogP contribution in [-0.4, -0.2) is 21.2 Å². The number of carbonyl (C=O) groups excluding carboxylic acids is 1. The maximum atomic E-state index is 11.1. The van der Waals surface area contributed by atoms with Crippen molar-refractivity contribution in [2.75, 3.05) is 0 Å². The van der Waals surface area contributed by atoms with E-state index in [0.29, 0.717) is 29.8 Å². The van der Waals surface area contributed by atoms with Gasteiger partial charge in [0.15, 0.2) is 6.29 Å². The van der Waals surface area contributed by atoms with Gasteiger partial charge >= 0.3 is 0 Å². The zero-order valence-electron chi connectivity index (χ0n) is 10.6. The van der Waals surface area contributed by atoms with Gasteiger partial charge < -0.3 is 0 Å². The van der Waals surface area contributed by atoms with Crippen molar-refractivity contribution in [3.05, 3.63) is 51.5 Å². The minimum absolute atomic E-state index is 0.198. The Hall–Kier alpha value is -1.85. The quantitative estimate of drug-likeness (QED) is 0.549. The van der Waals surface area contributed by atoms with Crippen molar-refractivity contribution in [3.63, 3.8) is 0 Å². The molecule has 4 nitrogen and oxygen atoms in total. The molecule has 2 heterocycles. The van der Waals surface area contributed by atoms with E-state index in [1.54, 1.807) is 18.3 Å². The summed E-state index contributed by atoms with van der Waals surface area (Å²) in [5.74, 6) is 0.553. The molecule has 0 bridgehead atoms. The Morgan fingerprint density at radius 2 is 2.05 bits per heavy atom. The van der Waals surface area contributed by atoms with E-state index >= 15 is 0 Å². The fourth-order valence-corrected chi connectivity index (χ4v) is 3.24. The van der Waals surface area contributed by atoms with Crippen molar-refractivity contribution in [1.29, 1.82) is 0 Å². The van der Waals surface area contributed by atoms with Gasteiger partial charge in [0.1, 0.15) is 11.0 Å². The molecule has 0 atom stereocenters. The molecule has 0 aliphatic heterocycles.